The number of hydrogen-bond acceptors (Lipinski definition) is 10. The van der Waals surface area contributed by atoms with Gasteiger partial charge in [0.2, 0.25) is 0 Å². The number of benzene rings is 2. The van der Waals surface area contributed by atoms with Crippen molar-refractivity contribution in [2.75, 3.05) is 93.1 Å². The molecule has 2 heterocycles. The zero-order valence-electron chi connectivity index (χ0n) is 28.9. The second kappa shape index (κ2) is 19.0. The minimum atomic E-state index is -1.07. The monoisotopic (exact) mass is 654 g/mol. The number of Topliss-reactive ketones (excluding diaryl/α,β-unsaturated/α-hetero) is 2. The molecular formula is C37H54N2O8. The van der Waals surface area contributed by atoms with Crippen LogP contribution in [0.1, 0.15) is 50.7 Å². The zero-order valence-corrected chi connectivity index (χ0v) is 28.9. The van der Waals surface area contributed by atoms with Crippen LogP contribution in [0.25, 0.3) is 0 Å². The summed E-state index contributed by atoms with van der Waals surface area (Å²) in [5.74, 6) is 2.56. The number of ketones is 2. The quantitative estimate of drug-likeness (QED) is 0.149. The van der Waals surface area contributed by atoms with Crippen LogP contribution in [0.5, 0.6) is 23.0 Å². The first kappa shape index (κ1) is 36.7. The van der Waals surface area contributed by atoms with E-state index in [4.69, 9.17) is 28.4 Å². The summed E-state index contributed by atoms with van der Waals surface area (Å²) in [6.07, 6.45) is 3.43. The van der Waals surface area contributed by atoms with E-state index in [-0.39, 0.29) is 24.4 Å². The van der Waals surface area contributed by atoms with E-state index in [0.717, 1.165) is 89.7 Å². The minimum absolute atomic E-state index is 0.0664. The van der Waals surface area contributed by atoms with Gasteiger partial charge in [-0.15, -0.1) is 0 Å². The summed E-state index contributed by atoms with van der Waals surface area (Å²) >= 11 is 0. The van der Waals surface area contributed by atoms with Crippen LogP contribution < -0.4 is 18.9 Å². The third-order valence-electron chi connectivity index (χ3n) is 9.09. The summed E-state index contributed by atoms with van der Waals surface area (Å²) in [4.78, 5) is 31.3. The normalized spacial score (nSPS) is 16.1. The van der Waals surface area contributed by atoms with E-state index in [0.29, 0.717) is 49.1 Å². The Kier molecular flexibility index (Phi) is 14.8. The summed E-state index contributed by atoms with van der Waals surface area (Å²) < 4.78 is 34.0. The van der Waals surface area contributed by atoms with Crippen molar-refractivity contribution in [3.05, 3.63) is 47.5 Å². The molecule has 10 heteroatoms. The van der Waals surface area contributed by atoms with E-state index >= 15 is 0 Å². The highest BCUT2D eigenvalue weighted by atomic mass is 16.5. The highest BCUT2D eigenvalue weighted by Gasteiger charge is 2.34. The first-order valence-electron chi connectivity index (χ1n) is 17.1. The van der Waals surface area contributed by atoms with Crippen LogP contribution in [0.15, 0.2) is 36.4 Å². The molecule has 4 rings (SSSR count). The lowest BCUT2D eigenvalue weighted by Gasteiger charge is -2.26. The highest BCUT2D eigenvalue weighted by Crippen LogP contribution is 2.31. The summed E-state index contributed by atoms with van der Waals surface area (Å²) in [5, 5.41) is 0. The van der Waals surface area contributed by atoms with Crippen molar-refractivity contribution in [3.8, 4) is 23.0 Å². The van der Waals surface area contributed by atoms with Crippen LogP contribution in [0, 0.1) is 5.41 Å². The number of ether oxygens (including phenoxy) is 6. The molecule has 0 bridgehead atoms. The molecule has 0 aliphatic carbocycles. The number of rotatable bonds is 20. The number of carbonyl (C=O) groups excluding carboxylic acids is 2. The highest BCUT2D eigenvalue weighted by molar-refractivity contribution is 6.06. The topological polar surface area (TPSA) is 96.0 Å². The lowest BCUT2D eigenvalue weighted by Crippen LogP contribution is -2.37. The van der Waals surface area contributed by atoms with Crippen molar-refractivity contribution in [1.82, 2.24) is 9.80 Å². The Labute approximate surface area is 280 Å². The maximum absolute atomic E-state index is 13.3. The number of methoxy groups -OCH3 is 2. The predicted molar refractivity (Wildman–Crippen MR) is 181 cm³/mol. The molecule has 10 nitrogen and oxygen atoms in total. The van der Waals surface area contributed by atoms with Crippen molar-refractivity contribution in [1.29, 1.82) is 0 Å². The van der Waals surface area contributed by atoms with Crippen molar-refractivity contribution >= 4 is 11.6 Å². The van der Waals surface area contributed by atoms with Gasteiger partial charge in [-0.3, -0.25) is 19.4 Å². The predicted octanol–water partition coefficient (Wildman–Crippen LogP) is 4.64. The Bertz CT molecular complexity index is 1180. The fourth-order valence-electron chi connectivity index (χ4n) is 5.86. The van der Waals surface area contributed by atoms with Crippen molar-refractivity contribution < 1.29 is 38.0 Å². The van der Waals surface area contributed by atoms with Crippen LogP contribution in [0.2, 0.25) is 0 Å². The molecule has 0 unspecified atom stereocenters. The fourth-order valence-corrected chi connectivity index (χ4v) is 5.86. The van der Waals surface area contributed by atoms with Gasteiger partial charge in [-0.05, 0) is 74.9 Å². The van der Waals surface area contributed by atoms with E-state index in [1.807, 2.05) is 36.4 Å². The SMILES string of the molecule is COc1cc(CCC(=O)C(C)(C)C(=O)CCc2ccc(OCCCN3CCOCC3)c(OC)c2)ccc1OCCCN1CCOCC1. The summed E-state index contributed by atoms with van der Waals surface area (Å²) in [5.41, 5.74) is 0.866. The summed E-state index contributed by atoms with van der Waals surface area (Å²) in [7, 11) is 3.24. The van der Waals surface area contributed by atoms with Gasteiger partial charge in [0.1, 0.15) is 11.6 Å². The van der Waals surface area contributed by atoms with Crippen molar-refractivity contribution in [2.45, 2.75) is 52.4 Å². The minimum Gasteiger partial charge on any atom is -0.493 e. The number of carbonyl (C=O) groups is 2. The smallest absolute Gasteiger partial charge is 0.161 e. The Hall–Kier alpha value is -3.18. The Morgan fingerprint density at radius 3 is 1.45 bits per heavy atom. The van der Waals surface area contributed by atoms with Gasteiger partial charge in [0, 0.05) is 52.1 Å². The van der Waals surface area contributed by atoms with Gasteiger partial charge in [0.05, 0.1) is 59.3 Å². The third kappa shape index (κ3) is 11.5. The van der Waals surface area contributed by atoms with Crippen molar-refractivity contribution in [2.24, 2.45) is 5.41 Å². The molecule has 0 N–H and O–H groups in total. The van der Waals surface area contributed by atoms with Crippen molar-refractivity contribution in [3.63, 3.8) is 0 Å². The number of aryl methyl sites for hydroxylation is 2. The molecule has 260 valence electrons. The second-order valence-corrected chi connectivity index (χ2v) is 12.8. The first-order valence-corrected chi connectivity index (χ1v) is 17.1. The molecule has 2 aromatic carbocycles. The second-order valence-electron chi connectivity index (χ2n) is 12.8. The Morgan fingerprint density at radius 1 is 0.660 bits per heavy atom. The van der Waals surface area contributed by atoms with E-state index < -0.39 is 5.41 Å². The van der Waals surface area contributed by atoms with Gasteiger partial charge in [0.15, 0.2) is 23.0 Å². The van der Waals surface area contributed by atoms with Gasteiger partial charge < -0.3 is 28.4 Å². The molecule has 47 heavy (non-hydrogen) atoms. The third-order valence-corrected chi connectivity index (χ3v) is 9.09. The molecule has 0 atom stereocenters. The Morgan fingerprint density at radius 2 is 1.06 bits per heavy atom. The molecule has 2 aliphatic heterocycles. The molecule has 2 fully saturated rings. The lowest BCUT2D eigenvalue weighted by atomic mass is 9.79. The van der Waals surface area contributed by atoms with Crippen LogP contribution in [-0.2, 0) is 31.9 Å². The molecule has 0 radical (unpaired) electrons. The van der Waals surface area contributed by atoms with E-state index in [1.165, 1.54) is 0 Å². The maximum atomic E-state index is 13.3. The number of nitrogens with zero attached hydrogens (tertiary/aromatic N) is 2. The largest absolute Gasteiger partial charge is 0.493 e. The fraction of sp³-hybridized carbons (Fsp3) is 0.622. The van der Waals surface area contributed by atoms with Gasteiger partial charge in [-0.1, -0.05) is 12.1 Å². The van der Waals surface area contributed by atoms with Crippen LogP contribution >= 0.6 is 0 Å². The molecule has 2 aliphatic rings. The molecule has 0 amide bonds. The standard InChI is InChI=1S/C37H54N2O8/c1-37(2,35(40)13-9-29-7-11-31(33(27-29)42-3)46-21-5-15-38-17-23-44-24-18-38)36(41)14-10-30-8-12-32(34(28-30)43-4)47-22-6-16-39-19-25-45-26-20-39/h7-8,11-12,27-28H,5-6,9-10,13-26H2,1-4H3. The first-order chi connectivity index (χ1) is 22.8. The van der Waals surface area contributed by atoms with Gasteiger partial charge >= 0.3 is 0 Å². The molecule has 2 saturated heterocycles. The summed E-state index contributed by atoms with van der Waals surface area (Å²) in [6, 6.07) is 11.6. The average Bonchev–Trinajstić information content (AvgIpc) is 3.11. The number of morpholine rings is 2. The van der Waals surface area contributed by atoms with Crippen LogP contribution in [0.3, 0.4) is 0 Å². The van der Waals surface area contributed by atoms with Gasteiger partial charge in [0.25, 0.3) is 0 Å². The molecule has 0 saturated carbocycles. The average molecular weight is 655 g/mol. The van der Waals surface area contributed by atoms with Crippen LogP contribution in [0.4, 0.5) is 0 Å². The number of hydrogen-bond donors (Lipinski definition) is 0. The zero-order chi connectivity index (χ0) is 33.5. The molecule has 2 aromatic rings. The lowest BCUT2D eigenvalue weighted by molar-refractivity contribution is -0.138. The van der Waals surface area contributed by atoms with E-state index in [9.17, 15) is 9.59 Å². The molecular weight excluding hydrogens is 600 g/mol. The maximum Gasteiger partial charge on any atom is 0.161 e. The summed E-state index contributed by atoms with van der Waals surface area (Å²) in [6.45, 7) is 13.7. The van der Waals surface area contributed by atoms with E-state index in [2.05, 4.69) is 9.80 Å². The van der Waals surface area contributed by atoms with Gasteiger partial charge in [-0.2, -0.15) is 0 Å². The Balaban J connectivity index is 1.19. The van der Waals surface area contributed by atoms with E-state index in [1.54, 1.807) is 28.1 Å². The molecule has 0 aromatic heterocycles. The van der Waals surface area contributed by atoms with Crippen LogP contribution in [-0.4, -0.2) is 114 Å². The molecule has 0 spiro atoms. The van der Waals surface area contributed by atoms with Gasteiger partial charge in [-0.25, -0.2) is 0 Å².